The second-order valence-corrected chi connectivity index (χ2v) is 9.21. The van der Waals surface area contributed by atoms with E-state index in [0.717, 1.165) is 17.0 Å². The van der Waals surface area contributed by atoms with Crippen LogP contribution in [0.3, 0.4) is 0 Å². The lowest BCUT2D eigenvalue weighted by Crippen LogP contribution is -2.50. The molecule has 6 nitrogen and oxygen atoms in total. The summed E-state index contributed by atoms with van der Waals surface area (Å²) in [5.41, 5.74) is 1.06. The fourth-order valence-corrected chi connectivity index (χ4v) is 4.76. The third kappa shape index (κ3) is 5.55. The van der Waals surface area contributed by atoms with E-state index in [1.165, 1.54) is 6.07 Å². The number of carbonyl (C=O) groups is 1. The summed E-state index contributed by atoms with van der Waals surface area (Å²) in [6.45, 7) is 4.68. The Morgan fingerprint density at radius 2 is 1.85 bits per heavy atom. The number of hydrogen-bond acceptors (Lipinski definition) is 5. The van der Waals surface area contributed by atoms with Crippen molar-refractivity contribution in [2.24, 2.45) is 5.92 Å². The summed E-state index contributed by atoms with van der Waals surface area (Å²) in [5, 5.41) is 4.52. The maximum atomic E-state index is 12.5. The molecule has 1 heterocycles. The zero-order valence-electron chi connectivity index (χ0n) is 15.2. The molecule has 26 heavy (non-hydrogen) atoms. The van der Waals surface area contributed by atoms with E-state index < -0.39 is 16.1 Å². The summed E-state index contributed by atoms with van der Waals surface area (Å²) in [6, 6.07) is 12.2. The van der Waals surface area contributed by atoms with Crippen LogP contribution in [0.15, 0.2) is 52.1 Å². The van der Waals surface area contributed by atoms with Gasteiger partial charge in [0.25, 0.3) is 10.0 Å². The highest BCUT2D eigenvalue weighted by Crippen LogP contribution is 2.17. The maximum absolute atomic E-state index is 12.5. The number of hydrogen-bond donors (Lipinski definition) is 2. The van der Waals surface area contributed by atoms with Gasteiger partial charge in [0.05, 0.1) is 0 Å². The fourth-order valence-electron chi connectivity index (χ4n) is 2.40. The molecule has 1 aromatic heterocycles. The van der Waals surface area contributed by atoms with Crippen molar-refractivity contribution in [3.8, 4) is 0 Å². The average Bonchev–Trinajstić information content (AvgIpc) is 3.15. The smallest absolute Gasteiger partial charge is 0.250 e. The number of thiophene rings is 1. The van der Waals surface area contributed by atoms with Crippen LogP contribution in [0, 0.1) is 5.92 Å². The minimum absolute atomic E-state index is 0.170. The maximum Gasteiger partial charge on any atom is 0.250 e. The van der Waals surface area contributed by atoms with Gasteiger partial charge in [0.15, 0.2) is 0 Å². The molecular formula is C18H25N3O3S2. The molecule has 0 saturated heterocycles. The van der Waals surface area contributed by atoms with Gasteiger partial charge >= 0.3 is 0 Å². The van der Waals surface area contributed by atoms with Gasteiger partial charge in [0.1, 0.15) is 10.3 Å². The molecule has 1 atom stereocenters. The molecular weight excluding hydrogens is 370 g/mol. The quantitative estimate of drug-likeness (QED) is 0.683. The van der Waals surface area contributed by atoms with Crippen molar-refractivity contribution < 1.29 is 13.2 Å². The van der Waals surface area contributed by atoms with Crippen LogP contribution in [-0.2, 0) is 14.8 Å². The van der Waals surface area contributed by atoms with E-state index in [1.54, 1.807) is 11.4 Å². The molecule has 1 aromatic carbocycles. The standard InChI is InChI=1S/C18H25N3O3S2/c1-14(2)17(20-26(23,24)16-10-7-13-25-16)18(22)19-11-12-21(3)15-8-5-4-6-9-15/h4-10,13-14,17,20H,11-12H2,1-3H3,(H,19,22). The minimum atomic E-state index is -3.69. The summed E-state index contributed by atoms with van der Waals surface area (Å²) >= 11 is 1.13. The van der Waals surface area contributed by atoms with E-state index in [1.807, 2.05) is 56.1 Å². The first-order valence-corrected chi connectivity index (χ1v) is 10.8. The van der Waals surface area contributed by atoms with Gasteiger partial charge in [-0.2, -0.15) is 4.72 Å². The van der Waals surface area contributed by atoms with Gasteiger partial charge < -0.3 is 10.2 Å². The van der Waals surface area contributed by atoms with Crippen LogP contribution in [0.4, 0.5) is 5.69 Å². The fraction of sp³-hybridized carbons (Fsp3) is 0.389. The Balaban J connectivity index is 1.92. The number of likely N-dealkylation sites (N-methyl/N-ethyl adjacent to an activating group) is 1. The van der Waals surface area contributed by atoms with E-state index in [-0.39, 0.29) is 16.0 Å². The number of amides is 1. The zero-order valence-corrected chi connectivity index (χ0v) is 16.8. The van der Waals surface area contributed by atoms with Gasteiger partial charge in [-0.15, -0.1) is 11.3 Å². The van der Waals surface area contributed by atoms with Crippen molar-refractivity contribution in [3.05, 3.63) is 47.8 Å². The summed E-state index contributed by atoms with van der Waals surface area (Å²) in [5.74, 6) is -0.488. The van der Waals surface area contributed by atoms with E-state index in [0.29, 0.717) is 13.1 Å². The molecule has 0 bridgehead atoms. The highest BCUT2D eigenvalue weighted by molar-refractivity contribution is 7.91. The van der Waals surface area contributed by atoms with E-state index in [9.17, 15) is 13.2 Å². The van der Waals surface area contributed by atoms with Crippen molar-refractivity contribution in [2.75, 3.05) is 25.0 Å². The Morgan fingerprint density at radius 1 is 1.15 bits per heavy atom. The molecule has 142 valence electrons. The summed E-state index contributed by atoms with van der Waals surface area (Å²) in [7, 11) is -1.75. The van der Waals surface area contributed by atoms with Crippen molar-refractivity contribution in [2.45, 2.75) is 24.1 Å². The van der Waals surface area contributed by atoms with E-state index in [4.69, 9.17) is 0 Å². The minimum Gasteiger partial charge on any atom is -0.373 e. The highest BCUT2D eigenvalue weighted by Gasteiger charge is 2.28. The molecule has 1 unspecified atom stereocenters. The molecule has 0 saturated carbocycles. The first kappa shape index (κ1) is 20.4. The molecule has 0 aliphatic rings. The van der Waals surface area contributed by atoms with Gasteiger partial charge in [-0.1, -0.05) is 38.1 Å². The second-order valence-electron chi connectivity index (χ2n) is 6.32. The van der Waals surface area contributed by atoms with Crippen molar-refractivity contribution >= 4 is 33.0 Å². The number of para-hydroxylation sites is 1. The van der Waals surface area contributed by atoms with Gasteiger partial charge in [-0.25, -0.2) is 8.42 Å². The average molecular weight is 396 g/mol. The third-order valence-electron chi connectivity index (χ3n) is 3.93. The third-order valence-corrected chi connectivity index (χ3v) is 6.77. The predicted octanol–water partition coefficient (Wildman–Crippen LogP) is 2.30. The van der Waals surface area contributed by atoms with Crippen LogP contribution in [0.1, 0.15) is 13.8 Å². The number of nitrogens with zero attached hydrogens (tertiary/aromatic N) is 1. The lowest BCUT2D eigenvalue weighted by Gasteiger charge is -2.23. The van der Waals surface area contributed by atoms with E-state index in [2.05, 4.69) is 10.0 Å². The van der Waals surface area contributed by atoms with Crippen LogP contribution in [0.2, 0.25) is 0 Å². The number of carbonyl (C=O) groups excluding carboxylic acids is 1. The Morgan fingerprint density at radius 3 is 2.42 bits per heavy atom. The summed E-state index contributed by atoms with van der Waals surface area (Å²) in [6.07, 6.45) is 0. The molecule has 0 spiro atoms. The summed E-state index contributed by atoms with van der Waals surface area (Å²) < 4.78 is 27.5. The van der Waals surface area contributed by atoms with Crippen LogP contribution >= 0.6 is 11.3 Å². The monoisotopic (exact) mass is 395 g/mol. The predicted molar refractivity (Wildman–Crippen MR) is 106 cm³/mol. The number of benzene rings is 1. The number of nitrogens with one attached hydrogen (secondary N) is 2. The van der Waals surface area contributed by atoms with Crippen molar-refractivity contribution in [1.82, 2.24) is 10.0 Å². The zero-order chi connectivity index (χ0) is 19.2. The molecule has 0 fully saturated rings. The largest absolute Gasteiger partial charge is 0.373 e. The Labute approximate surface area is 159 Å². The lowest BCUT2D eigenvalue weighted by molar-refractivity contribution is -0.123. The molecule has 0 aliphatic heterocycles. The molecule has 2 aromatic rings. The Hall–Kier alpha value is -1.90. The highest BCUT2D eigenvalue weighted by atomic mass is 32.2. The number of anilines is 1. The van der Waals surface area contributed by atoms with Gasteiger partial charge in [0.2, 0.25) is 5.91 Å². The Kier molecular flexibility index (Phi) is 7.19. The molecule has 2 N–H and O–H groups in total. The topological polar surface area (TPSA) is 78.5 Å². The molecule has 8 heteroatoms. The van der Waals surface area contributed by atoms with Gasteiger partial charge in [-0.05, 0) is 29.5 Å². The second kappa shape index (κ2) is 9.16. The van der Waals surface area contributed by atoms with Gasteiger partial charge in [-0.3, -0.25) is 4.79 Å². The van der Waals surface area contributed by atoms with Crippen LogP contribution in [0.5, 0.6) is 0 Å². The molecule has 0 radical (unpaired) electrons. The number of rotatable bonds is 9. The first-order chi connectivity index (χ1) is 12.3. The normalized spacial score (nSPS) is 12.8. The first-order valence-electron chi connectivity index (χ1n) is 8.41. The van der Waals surface area contributed by atoms with Crippen LogP contribution in [0.25, 0.3) is 0 Å². The van der Waals surface area contributed by atoms with E-state index >= 15 is 0 Å². The summed E-state index contributed by atoms with van der Waals surface area (Å²) in [4.78, 5) is 14.5. The van der Waals surface area contributed by atoms with Crippen LogP contribution in [-0.4, -0.2) is 40.5 Å². The number of sulfonamides is 1. The molecule has 1 amide bonds. The van der Waals surface area contributed by atoms with Crippen molar-refractivity contribution in [1.29, 1.82) is 0 Å². The van der Waals surface area contributed by atoms with Gasteiger partial charge in [0, 0.05) is 25.8 Å². The molecule has 2 rings (SSSR count). The lowest BCUT2D eigenvalue weighted by atomic mass is 10.1. The molecule has 0 aliphatic carbocycles. The van der Waals surface area contributed by atoms with Crippen LogP contribution < -0.4 is 14.9 Å². The Bertz CT molecular complexity index is 790. The SMILES string of the molecule is CC(C)C(NS(=O)(=O)c1cccs1)C(=O)NCCN(C)c1ccccc1. The van der Waals surface area contributed by atoms with Crippen molar-refractivity contribution in [3.63, 3.8) is 0 Å².